The Morgan fingerprint density at radius 1 is 1.00 bits per heavy atom. The fraction of sp³-hybridized carbons (Fsp3) is 0.913. The average Bonchev–Trinajstić information content (AvgIpc) is 3.33. The van der Waals surface area contributed by atoms with Crippen LogP contribution in [0.4, 0.5) is 0 Å². The van der Waals surface area contributed by atoms with E-state index in [9.17, 15) is 4.79 Å². The van der Waals surface area contributed by atoms with E-state index < -0.39 is 0 Å². The van der Waals surface area contributed by atoms with Crippen LogP contribution in [0.25, 0.3) is 0 Å². The van der Waals surface area contributed by atoms with Crippen LogP contribution < -0.4 is 5.32 Å². The molecular weight excluding hydrogens is 503 g/mol. The summed E-state index contributed by atoms with van der Waals surface area (Å²) < 4.78 is 0. The van der Waals surface area contributed by atoms with Gasteiger partial charge >= 0.3 is 0 Å². The molecular formula is C23H45IN6O. The minimum absolute atomic E-state index is 0. The van der Waals surface area contributed by atoms with E-state index in [0.717, 1.165) is 83.7 Å². The molecule has 2 heterocycles. The zero-order valence-corrected chi connectivity index (χ0v) is 22.4. The van der Waals surface area contributed by atoms with Crippen LogP contribution in [0.15, 0.2) is 4.99 Å². The van der Waals surface area contributed by atoms with Crippen molar-refractivity contribution in [1.29, 1.82) is 0 Å². The lowest BCUT2D eigenvalue weighted by molar-refractivity contribution is -0.135. The Kier molecular flexibility index (Phi) is 11.9. The first-order chi connectivity index (χ1) is 14.6. The molecule has 1 saturated carbocycles. The van der Waals surface area contributed by atoms with Crippen molar-refractivity contribution in [2.75, 3.05) is 66.0 Å². The maximum absolute atomic E-state index is 12.7. The van der Waals surface area contributed by atoms with Crippen molar-refractivity contribution in [3.63, 3.8) is 0 Å². The molecule has 1 atom stereocenters. The van der Waals surface area contributed by atoms with Crippen molar-refractivity contribution in [1.82, 2.24) is 24.9 Å². The van der Waals surface area contributed by atoms with E-state index in [1.54, 1.807) is 0 Å². The van der Waals surface area contributed by atoms with Crippen LogP contribution in [0.1, 0.15) is 58.8 Å². The second kappa shape index (κ2) is 13.8. The quantitative estimate of drug-likeness (QED) is 0.301. The first-order valence-electron chi connectivity index (χ1n) is 12.4. The molecule has 1 unspecified atom stereocenters. The Labute approximate surface area is 207 Å². The summed E-state index contributed by atoms with van der Waals surface area (Å²) in [5.41, 5.74) is 0. The normalized spacial score (nSPS) is 22.5. The van der Waals surface area contributed by atoms with Crippen molar-refractivity contribution in [2.24, 2.45) is 4.99 Å². The van der Waals surface area contributed by atoms with Crippen molar-refractivity contribution < 1.29 is 4.79 Å². The molecule has 0 aromatic rings. The van der Waals surface area contributed by atoms with E-state index in [2.05, 4.69) is 40.9 Å². The maximum atomic E-state index is 12.7. The van der Waals surface area contributed by atoms with E-state index in [4.69, 9.17) is 4.99 Å². The van der Waals surface area contributed by atoms with Gasteiger partial charge in [-0.3, -0.25) is 14.7 Å². The van der Waals surface area contributed by atoms with Gasteiger partial charge in [0, 0.05) is 58.4 Å². The summed E-state index contributed by atoms with van der Waals surface area (Å²) in [6.07, 6.45) is 9.16. The number of nitrogens with zero attached hydrogens (tertiary/aromatic N) is 5. The van der Waals surface area contributed by atoms with Gasteiger partial charge in [-0.15, -0.1) is 24.0 Å². The molecule has 7 nitrogen and oxygen atoms in total. The lowest BCUT2D eigenvalue weighted by Crippen LogP contribution is -2.57. The van der Waals surface area contributed by atoms with Crippen LogP contribution >= 0.6 is 24.0 Å². The number of piperazine rings is 1. The van der Waals surface area contributed by atoms with Gasteiger partial charge in [-0.05, 0) is 46.6 Å². The van der Waals surface area contributed by atoms with Gasteiger partial charge in [-0.2, -0.15) is 0 Å². The average molecular weight is 549 g/mol. The lowest BCUT2D eigenvalue weighted by atomic mass is 9.94. The summed E-state index contributed by atoms with van der Waals surface area (Å²) in [7, 11) is 2.26. The number of nitrogens with one attached hydrogen (secondary N) is 1. The highest BCUT2D eigenvalue weighted by Gasteiger charge is 2.30. The van der Waals surface area contributed by atoms with Gasteiger partial charge in [0.15, 0.2) is 5.96 Å². The smallest absolute Gasteiger partial charge is 0.239 e. The molecule has 3 rings (SSSR count). The molecule has 1 N–H and O–H groups in total. The van der Waals surface area contributed by atoms with E-state index in [0.29, 0.717) is 5.91 Å². The largest absolute Gasteiger partial charge is 0.357 e. The van der Waals surface area contributed by atoms with Crippen molar-refractivity contribution >= 4 is 35.8 Å². The number of halogens is 1. The SMILES string of the molecule is CCNC(=NCCN(C)C1CCCCC1)N1CCN(C(C)C(=O)N2CCCC2)CC1.I. The topological polar surface area (TPSA) is 54.4 Å². The number of likely N-dealkylation sites (N-methyl/N-ethyl adjacent to an activating group) is 1. The van der Waals surface area contributed by atoms with Gasteiger partial charge in [-0.25, -0.2) is 0 Å². The molecule has 8 heteroatoms. The fourth-order valence-corrected chi connectivity index (χ4v) is 5.12. The molecule has 1 amide bonds. The number of guanidine groups is 1. The summed E-state index contributed by atoms with van der Waals surface area (Å²) in [5.74, 6) is 1.35. The Balaban J connectivity index is 0.00000341. The zero-order chi connectivity index (χ0) is 21.3. The summed E-state index contributed by atoms with van der Waals surface area (Å²) in [6, 6.07) is 0.739. The molecule has 0 aromatic carbocycles. The van der Waals surface area contributed by atoms with E-state index in [1.165, 1.54) is 32.1 Å². The number of carbonyl (C=O) groups is 1. The molecule has 1 aliphatic carbocycles. The molecule has 0 spiro atoms. The Bertz CT molecular complexity index is 554. The summed E-state index contributed by atoms with van der Waals surface area (Å²) >= 11 is 0. The van der Waals surface area contributed by atoms with Crippen LogP contribution in [0.3, 0.4) is 0 Å². The van der Waals surface area contributed by atoms with Crippen LogP contribution in [0, 0.1) is 0 Å². The highest BCUT2D eigenvalue weighted by Crippen LogP contribution is 2.21. The van der Waals surface area contributed by atoms with Crippen molar-refractivity contribution in [3.05, 3.63) is 0 Å². The Morgan fingerprint density at radius 2 is 1.65 bits per heavy atom. The number of likely N-dealkylation sites (tertiary alicyclic amines) is 1. The second-order valence-corrected chi connectivity index (χ2v) is 9.24. The number of rotatable bonds is 7. The summed E-state index contributed by atoms with van der Waals surface area (Å²) in [6.45, 7) is 12.6. The minimum atomic E-state index is -0.00563. The lowest BCUT2D eigenvalue weighted by Gasteiger charge is -2.39. The van der Waals surface area contributed by atoms with Crippen LogP contribution in [-0.4, -0.2) is 110 Å². The molecule has 0 bridgehead atoms. The second-order valence-electron chi connectivity index (χ2n) is 9.24. The van der Waals surface area contributed by atoms with Crippen LogP contribution in [0.5, 0.6) is 0 Å². The monoisotopic (exact) mass is 548 g/mol. The van der Waals surface area contributed by atoms with Gasteiger partial charge < -0.3 is 20.0 Å². The maximum Gasteiger partial charge on any atom is 0.239 e. The summed E-state index contributed by atoms with van der Waals surface area (Å²) in [4.78, 5) is 26.9. The molecule has 180 valence electrons. The third-order valence-corrected chi connectivity index (χ3v) is 7.18. The number of hydrogen-bond donors (Lipinski definition) is 1. The van der Waals surface area contributed by atoms with Gasteiger partial charge in [0.1, 0.15) is 0 Å². The number of aliphatic imine (C=N–C) groups is 1. The molecule has 2 aliphatic heterocycles. The third-order valence-electron chi connectivity index (χ3n) is 7.18. The minimum Gasteiger partial charge on any atom is -0.357 e. The number of hydrogen-bond acceptors (Lipinski definition) is 4. The van der Waals surface area contributed by atoms with Crippen LogP contribution in [0.2, 0.25) is 0 Å². The molecule has 0 aromatic heterocycles. The Morgan fingerprint density at radius 3 is 2.26 bits per heavy atom. The van der Waals surface area contributed by atoms with E-state index >= 15 is 0 Å². The number of amides is 1. The molecule has 2 saturated heterocycles. The van der Waals surface area contributed by atoms with E-state index in [-0.39, 0.29) is 30.0 Å². The first kappa shape index (κ1) is 26.6. The first-order valence-corrected chi connectivity index (χ1v) is 12.4. The highest BCUT2D eigenvalue weighted by molar-refractivity contribution is 14.0. The van der Waals surface area contributed by atoms with Gasteiger partial charge in [-0.1, -0.05) is 19.3 Å². The molecule has 0 radical (unpaired) electrons. The highest BCUT2D eigenvalue weighted by atomic mass is 127. The van der Waals surface area contributed by atoms with E-state index in [1.807, 2.05) is 4.90 Å². The fourth-order valence-electron chi connectivity index (χ4n) is 5.12. The van der Waals surface area contributed by atoms with Gasteiger partial charge in [0.05, 0.1) is 12.6 Å². The molecule has 31 heavy (non-hydrogen) atoms. The Hall–Kier alpha value is -0.610. The van der Waals surface area contributed by atoms with Crippen LogP contribution in [-0.2, 0) is 4.79 Å². The third kappa shape index (κ3) is 7.74. The zero-order valence-electron chi connectivity index (χ0n) is 20.0. The predicted octanol–water partition coefficient (Wildman–Crippen LogP) is 2.46. The molecule has 3 fully saturated rings. The summed E-state index contributed by atoms with van der Waals surface area (Å²) in [5, 5.41) is 3.48. The van der Waals surface area contributed by atoms with Crippen molar-refractivity contribution in [2.45, 2.75) is 70.9 Å². The van der Waals surface area contributed by atoms with Gasteiger partial charge in [0.25, 0.3) is 0 Å². The standard InChI is InChI=1S/C23H44N6O.HI/c1-4-24-23(25-12-15-26(3)21-10-6-5-7-11-21)29-18-16-27(17-19-29)20(2)22(30)28-13-8-9-14-28;/h20-21H,4-19H2,1-3H3,(H,24,25);1H. The number of carbonyl (C=O) groups excluding carboxylic acids is 1. The van der Waals surface area contributed by atoms with Gasteiger partial charge in [0.2, 0.25) is 5.91 Å². The molecule has 3 aliphatic rings. The predicted molar refractivity (Wildman–Crippen MR) is 139 cm³/mol. The van der Waals surface area contributed by atoms with Crippen molar-refractivity contribution in [3.8, 4) is 0 Å².